The van der Waals surface area contributed by atoms with E-state index in [0.717, 1.165) is 18.8 Å². The lowest BCUT2D eigenvalue weighted by Crippen LogP contribution is -2.27. The van der Waals surface area contributed by atoms with Crippen molar-refractivity contribution in [2.75, 3.05) is 25.5 Å². The molecule has 1 unspecified atom stereocenters. The van der Waals surface area contributed by atoms with Crippen LogP contribution in [0.15, 0.2) is 42.5 Å². The number of hydrogen-bond acceptors (Lipinski definition) is 4. The molecule has 2 aromatic carbocycles. The van der Waals surface area contributed by atoms with Gasteiger partial charge in [0, 0.05) is 45.5 Å². The third-order valence-electron chi connectivity index (χ3n) is 4.78. The molecule has 2 N–H and O–H groups in total. The summed E-state index contributed by atoms with van der Waals surface area (Å²) in [6, 6.07) is 15.4. The van der Waals surface area contributed by atoms with E-state index in [0.29, 0.717) is 6.54 Å². The molecule has 1 atom stereocenters. The van der Waals surface area contributed by atoms with E-state index < -0.39 is 0 Å². The highest BCUT2D eigenvalue weighted by molar-refractivity contribution is 5.52. The number of nitrogens with two attached hydrogens (primary N) is 1. The predicted molar refractivity (Wildman–Crippen MR) is 109 cm³/mol. The van der Waals surface area contributed by atoms with Crippen molar-refractivity contribution in [3.05, 3.63) is 59.2 Å². The molecule has 0 aromatic heterocycles. The molecule has 0 amide bonds. The fourth-order valence-electron chi connectivity index (χ4n) is 3.53. The fourth-order valence-corrected chi connectivity index (χ4v) is 3.53. The van der Waals surface area contributed by atoms with Gasteiger partial charge in [-0.15, -0.1) is 0 Å². The van der Waals surface area contributed by atoms with Gasteiger partial charge in [-0.2, -0.15) is 0 Å². The Labute approximate surface area is 157 Å². The summed E-state index contributed by atoms with van der Waals surface area (Å²) in [6.07, 6.45) is 0. The number of anilines is 1. The molecule has 26 heavy (non-hydrogen) atoms. The molecule has 1 heterocycles. The van der Waals surface area contributed by atoms with E-state index in [1.807, 2.05) is 0 Å². The quantitative estimate of drug-likeness (QED) is 0.884. The smallest absolute Gasteiger partial charge is 0.120 e. The van der Waals surface area contributed by atoms with Crippen LogP contribution in [0, 0.1) is 0 Å². The molecule has 2 aromatic rings. The Morgan fingerprint density at radius 2 is 1.81 bits per heavy atom. The van der Waals surface area contributed by atoms with Gasteiger partial charge >= 0.3 is 0 Å². The second kappa shape index (κ2) is 7.29. The predicted octanol–water partition coefficient (Wildman–Crippen LogP) is 3.95. The second-order valence-electron chi connectivity index (χ2n) is 8.29. The lowest BCUT2D eigenvalue weighted by atomic mass is 10.0. The van der Waals surface area contributed by atoms with Crippen molar-refractivity contribution in [3.63, 3.8) is 0 Å². The molecular formula is C22H31N3O. The van der Waals surface area contributed by atoms with E-state index in [9.17, 15) is 0 Å². The van der Waals surface area contributed by atoms with Crippen molar-refractivity contribution in [1.29, 1.82) is 0 Å². The average Bonchev–Trinajstić information content (AvgIpc) is 2.91. The number of nitrogens with zero attached hydrogens (tertiary/aromatic N) is 2. The maximum atomic E-state index is 6.14. The van der Waals surface area contributed by atoms with Crippen LogP contribution in [0.25, 0.3) is 0 Å². The SMILES string of the molecule is CN(C)c1ccc2c(c1)C(CN)N(Cc1ccc(OC(C)(C)C)cc1)C2. The van der Waals surface area contributed by atoms with E-state index >= 15 is 0 Å². The molecule has 140 valence electrons. The third kappa shape index (κ3) is 4.19. The molecule has 3 rings (SSSR count). The summed E-state index contributed by atoms with van der Waals surface area (Å²) < 4.78 is 5.92. The molecule has 0 aliphatic carbocycles. The first kappa shape index (κ1) is 18.7. The average molecular weight is 354 g/mol. The topological polar surface area (TPSA) is 41.7 Å². The number of benzene rings is 2. The summed E-state index contributed by atoms with van der Waals surface area (Å²) >= 11 is 0. The Balaban J connectivity index is 1.74. The van der Waals surface area contributed by atoms with Crippen molar-refractivity contribution in [2.45, 2.75) is 45.5 Å². The number of rotatable bonds is 5. The van der Waals surface area contributed by atoms with E-state index in [1.54, 1.807) is 0 Å². The number of hydrogen-bond donors (Lipinski definition) is 1. The molecule has 0 saturated carbocycles. The molecule has 0 bridgehead atoms. The Kier molecular flexibility index (Phi) is 5.26. The zero-order valence-corrected chi connectivity index (χ0v) is 16.6. The second-order valence-corrected chi connectivity index (χ2v) is 8.29. The van der Waals surface area contributed by atoms with Crippen LogP contribution in [-0.2, 0) is 13.1 Å². The van der Waals surface area contributed by atoms with E-state index in [-0.39, 0.29) is 11.6 Å². The Bertz CT molecular complexity index is 747. The minimum absolute atomic E-state index is 0.174. The summed E-state index contributed by atoms with van der Waals surface area (Å²) in [5.41, 5.74) is 11.2. The van der Waals surface area contributed by atoms with E-state index in [4.69, 9.17) is 10.5 Å². The van der Waals surface area contributed by atoms with Gasteiger partial charge in [0.05, 0.1) is 0 Å². The standard InChI is InChI=1S/C22H31N3O/c1-22(2,3)26-19-10-6-16(7-11-19)14-25-15-17-8-9-18(24(4)5)12-20(17)21(25)13-23/h6-12,21H,13-15,23H2,1-5H3. The van der Waals surface area contributed by atoms with Gasteiger partial charge in [0.15, 0.2) is 0 Å². The summed E-state index contributed by atoms with van der Waals surface area (Å²) in [4.78, 5) is 4.61. The fraction of sp³-hybridized carbons (Fsp3) is 0.455. The Morgan fingerprint density at radius 1 is 1.12 bits per heavy atom. The lowest BCUT2D eigenvalue weighted by molar-refractivity contribution is 0.131. The zero-order chi connectivity index (χ0) is 18.9. The van der Waals surface area contributed by atoms with Gasteiger partial charge < -0.3 is 15.4 Å². The summed E-state index contributed by atoms with van der Waals surface area (Å²) in [7, 11) is 4.15. The van der Waals surface area contributed by atoms with Crippen LogP contribution < -0.4 is 15.4 Å². The van der Waals surface area contributed by atoms with Crippen LogP contribution in [0.5, 0.6) is 5.75 Å². The monoisotopic (exact) mass is 353 g/mol. The summed E-state index contributed by atoms with van der Waals surface area (Å²) in [5, 5.41) is 0. The van der Waals surface area contributed by atoms with Crippen molar-refractivity contribution in [2.24, 2.45) is 5.73 Å². The maximum Gasteiger partial charge on any atom is 0.120 e. The maximum absolute atomic E-state index is 6.14. The van der Waals surface area contributed by atoms with Crippen LogP contribution in [-0.4, -0.2) is 31.1 Å². The number of ether oxygens (including phenoxy) is 1. The van der Waals surface area contributed by atoms with Crippen molar-refractivity contribution >= 4 is 5.69 Å². The van der Waals surface area contributed by atoms with Gasteiger partial charge in [-0.25, -0.2) is 0 Å². The van der Waals surface area contributed by atoms with Gasteiger partial charge in [-0.3, -0.25) is 4.90 Å². The highest BCUT2D eigenvalue weighted by Crippen LogP contribution is 2.36. The van der Waals surface area contributed by atoms with Crippen LogP contribution in [0.2, 0.25) is 0 Å². The van der Waals surface area contributed by atoms with Gasteiger partial charge in [0.25, 0.3) is 0 Å². The molecule has 0 fully saturated rings. The van der Waals surface area contributed by atoms with Crippen LogP contribution in [0.3, 0.4) is 0 Å². The summed E-state index contributed by atoms with van der Waals surface area (Å²) in [5.74, 6) is 0.914. The van der Waals surface area contributed by atoms with Crippen LogP contribution in [0.1, 0.15) is 43.5 Å². The molecule has 0 spiro atoms. The minimum Gasteiger partial charge on any atom is -0.488 e. The van der Waals surface area contributed by atoms with E-state index in [2.05, 4.69) is 87.1 Å². The molecule has 0 saturated heterocycles. The van der Waals surface area contributed by atoms with Crippen molar-refractivity contribution in [1.82, 2.24) is 4.90 Å². The highest BCUT2D eigenvalue weighted by atomic mass is 16.5. The van der Waals surface area contributed by atoms with E-state index in [1.165, 1.54) is 22.4 Å². The molecule has 4 nitrogen and oxygen atoms in total. The molecular weight excluding hydrogens is 322 g/mol. The van der Waals surface area contributed by atoms with Gasteiger partial charge in [0.2, 0.25) is 0 Å². The molecule has 0 radical (unpaired) electrons. The Morgan fingerprint density at radius 3 is 2.38 bits per heavy atom. The van der Waals surface area contributed by atoms with Crippen LogP contribution in [0.4, 0.5) is 5.69 Å². The molecule has 4 heteroatoms. The van der Waals surface area contributed by atoms with Gasteiger partial charge in [-0.05, 0) is 61.7 Å². The third-order valence-corrected chi connectivity index (χ3v) is 4.78. The molecule has 1 aliphatic rings. The first-order chi connectivity index (χ1) is 12.3. The normalized spacial score (nSPS) is 17.2. The number of fused-ring (bicyclic) bond motifs is 1. The first-order valence-corrected chi connectivity index (χ1v) is 9.29. The van der Waals surface area contributed by atoms with Crippen molar-refractivity contribution in [3.8, 4) is 5.75 Å². The van der Waals surface area contributed by atoms with Gasteiger partial charge in [0.1, 0.15) is 11.4 Å². The largest absolute Gasteiger partial charge is 0.488 e. The highest BCUT2D eigenvalue weighted by Gasteiger charge is 2.29. The van der Waals surface area contributed by atoms with Crippen molar-refractivity contribution < 1.29 is 4.74 Å². The minimum atomic E-state index is -0.174. The van der Waals surface area contributed by atoms with Gasteiger partial charge in [-0.1, -0.05) is 18.2 Å². The zero-order valence-electron chi connectivity index (χ0n) is 16.6. The molecule has 1 aliphatic heterocycles. The first-order valence-electron chi connectivity index (χ1n) is 9.29. The summed E-state index contributed by atoms with van der Waals surface area (Å²) in [6.45, 7) is 8.67. The Hall–Kier alpha value is -2.04. The lowest BCUT2D eigenvalue weighted by Gasteiger charge is -2.25. The van der Waals surface area contributed by atoms with Crippen LogP contribution >= 0.6 is 0 Å².